The van der Waals surface area contributed by atoms with Gasteiger partial charge in [-0.15, -0.1) is 0 Å². The van der Waals surface area contributed by atoms with Gasteiger partial charge in [0.2, 0.25) is 0 Å². The molecule has 1 rings (SSSR count). The van der Waals surface area contributed by atoms with Crippen LogP contribution in [0.2, 0.25) is 0 Å². The Bertz CT molecular complexity index is 309. The number of ether oxygens (including phenoxy) is 1. The first-order valence-corrected chi connectivity index (χ1v) is 6.16. The van der Waals surface area contributed by atoms with E-state index < -0.39 is 0 Å². The van der Waals surface area contributed by atoms with Gasteiger partial charge in [0.1, 0.15) is 5.75 Å². The summed E-state index contributed by atoms with van der Waals surface area (Å²) in [6.45, 7) is 9.28. The van der Waals surface area contributed by atoms with Gasteiger partial charge < -0.3 is 10.1 Å². The van der Waals surface area contributed by atoms with Crippen molar-refractivity contribution in [2.75, 3.05) is 6.61 Å². The Morgan fingerprint density at radius 1 is 1.19 bits per heavy atom. The standard InChI is InChI=1S/C14H23NO/c1-5-13(15-11(3)4)12-9-7-8-10-14(12)16-6-2/h7-11,13,15H,5-6H2,1-4H3. The summed E-state index contributed by atoms with van der Waals surface area (Å²) in [5.41, 5.74) is 1.26. The van der Waals surface area contributed by atoms with Gasteiger partial charge in [0.25, 0.3) is 0 Å². The number of hydrogen-bond acceptors (Lipinski definition) is 2. The number of rotatable bonds is 6. The molecule has 1 atom stereocenters. The molecule has 0 aliphatic rings. The molecule has 1 unspecified atom stereocenters. The topological polar surface area (TPSA) is 21.3 Å². The third kappa shape index (κ3) is 3.53. The molecule has 0 saturated heterocycles. The smallest absolute Gasteiger partial charge is 0.124 e. The van der Waals surface area contributed by atoms with Crippen LogP contribution in [0, 0.1) is 0 Å². The maximum Gasteiger partial charge on any atom is 0.124 e. The van der Waals surface area contributed by atoms with Crippen LogP contribution in [0.3, 0.4) is 0 Å². The Morgan fingerprint density at radius 3 is 2.44 bits per heavy atom. The molecule has 16 heavy (non-hydrogen) atoms. The van der Waals surface area contributed by atoms with E-state index in [4.69, 9.17) is 4.74 Å². The van der Waals surface area contributed by atoms with Crippen molar-refractivity contribution in [1.82, 2.24) is 5.32 Å². The monoisotopic (exact) mass is 221 g/mol. The highest BCUT2D eigenvalue weighted by atomic mass is 16.5. The Morgan fingerprint density at radius 2 is 1.88 bits per heavy atom. The molecule has 1 aromatic rings. The Hall–Kier alpha value is -1.02. The minimum Gasteiger partial charge on any atom is -0.494 e. The summed E-state index contributed by atoms with van der Waals surface area (Å²) in [6.07, 6.45) is 1.07. The number of nitrogens with one attached hydrogen (secondary N) is 1. The Labute approximate surface area is 99.0 Å². The second-order valence-electron chi connectivity index (χ2n) is 4.25. The second kappa shape index (κ2) is 6.54. The summed E-state index contributed by atoms with van der Waals surface area (Å²) in [6, 6.07) is 9.15. The van der Waals surface area contributed by atoms with Gasteiger partial charge in [-0.2, -0.15) is 0 Å². The molecule has 1 N–H and O–H groups in total. The zero-order chi connectivity index (χ0) is 12.0. The van der Waals surface area contributed by atoms with Gasteiger partial charge in [-0.3, -0.25) is 0 Å². The lowest BCUT2D eigenvalue weighted by atomic mass is 10.0. The number of hydrogen-bond donors (Lipinski definition) is 1. The minimum atomic E-state index is 0.378. The fraction of sp³-hybridized carbons (Fsp3) is 0.571. The summed E-state index contributed by atoms with van der Waals surface area (Å²) in [4.78, 5) is 0. The molecule has 0 heterocycles. The van der Waals surface area contributed by atoms with Crippen molar-refractivity contribution in [3.63, 3.8) is 0 Å². The average molecular weight is 221 g/mol. The molecule has 1 aromatic carbocycles. The molecule has 0 saturated carbocycles. The van der Waals surface area contributed by atoms with Gasteiger partial charge >= 0.3 is 0 Å². The fourth-order valence-electron chi connectivity index (χ4n) is 1.89. The molecule has 2 heteroatoms. The molecule has 0 bridgehead atoms. The van der Waals surface area contributed by atoms with Crippen molar-refractivity contribution in [2.24, 2.45) is 0 Å². The van der Waals surface area contributed by atoms with Crippen LogP contribution in [0.25, 0.3) is 0 Å². The molecule has 90 valence electrons. The van der Waals surface area contributed by atoms with Crippen LogP contribution >= 0.6 is 0 Å². The molecule has 0 radical (unpaired) electrons. The molecule has 2 nitrogen and oxygen atoms in total. The van der Waals surface area contributed by atoms with Crippen molar-refractivity contribution < 1.29 is 4.74 Å². The van der Waals surface area contributed by atoms with Gasteiger partial charge in [-0.1, -0.05) is 39.0 Å². The fourth-order valence-corrected chi connectivity index (χ4v) is 1.89. The van der Waals surface area contributed by atoms with Gasteiger partial charge in [-0.25, -0.2) is 0 Å². The highest BCUT2D eigenvalue weighted by molar-refractivity contribution is 5.35. The zero-order valence-electron chi connectivity index (χ0n) is 10.8. The van der Waals surface area contributed by atoms with E-state index in [9.17, 15) is 0 Å². The largest absolute Gasteiger partial charge is 0.494 e. The van der Waals surface area contributed by atoms with Crippen LogP contribution in [0.4, 0.5) is 0 Å². The van der Waals surface area contributed by atoms with E-state index in [2.05, 4.69) is 38.2 Å². The quantitative estimate of drug-likeness (QED) is 0.793. The van der Waals surface area contributed by atoms with Crippen LogP contribution in [-0.2, 0) is 0 Å². The van der Waals surface area contributed by atoms with E-state index in [-0.39, 0.29) is 0 Å². The predicted octanol–water partition coefficient (Wildman–Crippen LogP) is 3.53. The molecule has 0 aliphatic heterocycles. The first-order valence-electron chi connectivity index (χ1n) is 6.16. The lowest BCUT2D eigenvalue weighted by Crippen LogP contribution is -2.28. The molecular formula is C14H23NO. The van der Waals surface area contributed by atoms with E-state index in [1.807, 2.05) is 19.1 Å². The van der Waals surface area contributed by atoms with E-state index in [1.165, 1.54) is 5.56 Å². The van der Waals surface area contributed by atoms with Crippen LogP contribution in [0.5, 0.6) is 5.75 Å². The van der Waals surface area contributed by atoms with Crippen molar-refractivity contribution in [3.8, 4) is 5.75 Å². The van der Waals surface area contributed by atoms with E-state index in [0.29, 0.717) is 12.1 Å². The van der Waals surface area contributed by atoms with Crippen LogP contribution < -0.4 is 10.1 Å². The van der Waals surface area contributed by atoms with E-state index in [1.54, 1.807) is 0 Å². The Kier molecular flexibility index (Phi) is 5.33. The minimum absolute atomic E-state index is 0.378. The van der Waals surface area contributed by atoms with Gasteiger partial charge in [0, 0.05) is 17.6 Å². The highest BCUT2D eigenvalue weighted by Crippen LogP contribution is 2.27. The molecule has 0 aromatic heterocycles. The van der Waals surface area contributed by atoms with Crippen molar-refractivity contribution in [3.05, 3.63) is 29.8 Å². The van der Waals surface area contributed by atoms with Gasteiger partial charge in [-0.05, 0) is 19.4 Å². The number of benzene rings is 1. The summed E-state index contributed by atoms with van der Waals surface area (Å²) >= 11 is 0. The lowest BCUT2D eigenvalue weighted by molar-refractivity contribution is 0.328. The summed E-state index contributed by atoms with van der Waals surface area (Å²) in [5.74, 6) is 1.00. The second-order valence-corrected chi connectivity index (χ2v) is 4.25. The van der Waals surface area contributed by atoms with Crippen molar-refractivity contribution >= 4 is 0 Å². The van der Waals surface area contributed by atoms with Crippen LogP contribution in [0.1, 0.15) is 45.7 Å². The van der Waals surface area contributed by atoms with Crippen molar-refractivity contribution in [1.29, 1.82) is 0 Å². The maximum absolute atomic E-state index is 5.66. The maximum atomic E-state index is 5.66. The molecule has 0 fully saturated rings. The zero-order valence-corrected chi connectivity index (χ0v) is 10.8. The average Bonchev–Trinajstić information content (AvgIpc) is 2.27. The highest BCUT2D eigenvalue weighted by Gasteiger charge is 2.14. The molecule has 0 spiro atoms. The summed E-state index contributed by atoms with van der Waals surface area (Å²) in [7, 11) is 0. The lowest BCUT2D eigenvalue weighted by Gasteiger charge is -2.22. The molecular weight excluding hydrogens is 198 g/mol. The van der Waals surface area contributed by atoms with E-state index >= 15 is 0 Å². The van der Waals surface area contributed by atoms with E-state index in [0.717, 1.165) is 18.8 Å². The van der Waals surface area contributed by atoms with Gasteiger partial charge in [0.05, 0.1) is 6.61 Å². The first-order chi connectivity index (χ1) is 7.69. The normalized spacial score (nSPS) is 12.8. The predicted molar refractivity (Wildman–Crippen MR) is 68.9 cm³/mol. The third-order valence-corrected chi connectivity index (χ3v) is 2.54. The molecule has 0 aliphatic carbocycles. The van der Waals surface area contributed by atoms with Crippen molar-refractivity contribution in [2.45, 2.75) is 46.2 Å². The summed E-state index contributed by atoms with van der Waals surface area (Å²) in [5, 5.41) is 3.56. The summed E-state index contributed by atoms with van der Waals surface area (Å²) < 4.78 is 5.66. The van der Waals surface area contributed by atoms with Crippen LogP contribution in [-0.4, -0.2) is 12.6 Å². The van der Waals surface area contributed by atoms with Crippen LogP contribution in [0.15, 0.2) is 24.3 Å². The molecule has 0 amide bonds. The Balaban J connectivity index is 2.89. The third-order valence-electron chi connectivity index (χ3n) is 2.54. The SMILES string of the molecule is CCOc1ccccc1C(CC)NC(C)C. The van der Waals surface area contributed by atoms with Gasteiger partial charge in [0.15, 0.2) is 0 Å². The first kappa shape index (κ1) is 13.0. The number of para-hydroxylation sites is 1.